The van der Waals surface area contributed by atoms with Crippen molar-refractivity contribution in [1.29, 1.82) is 0 Å². The van der Waals surface area contributed by atoms with Gasteiger partial charge in [-0.2, -0.15) is 0 Å². The number of hydrogen-bond acceptors (Lipinski definition) is 3. The zero-order valence-corrected chi connectivity index (χ0v) is 11.6. The molecule has 2 N–H and O–H groups in total. The third-order valence-corrected chi connectivity index (χ3v) is 2.76. The lowest BCUT2D eigenvalue weighted by Gasteiger charge is -2.20. The minimum absolute atomic E-state index is 0.00342. The number of carbonyl (C=O) groups excluding carboxylic acids is 2. The number of carbonyl (C=O) groups is 2. The van der Waals surface area contributed by atoms with Crippen LogP contribution in [0, 0.1) is 6.92 Å². The fourth-order valence-corrected chi connectivity index (χ4v) is 1.75. The van der Waals surface area contributed by atoms with E-state index in [4.69, 9.17) is 0 Å². The van der Waals surface area contributed by atoms with Crippen LogP contribution in [0.5, 0.6) is 5.75 Å². The SMILES string of the molecule is CCNC(=O)CN(CC)C(=O)c1cc(C)ccc1O. The van der Waals surface area contributed by atoms with Gasteiger partial charge in [0.25, 0.3) is 5.91 Å². The molecule has 1 rings (SSSR count). The van der Waals surface area contributed by atoms with E-state index in [1.165, 1.54) is 11.0 Å². The van der Waals surface area contributed by atoms with Crippen molar-refractivity contribution in [2.24, 2.45) is 0 Å². The molecular formula is C14H20N2O3. The lowest BCUT2D eigenvalue weighted by molar-refractivity contribution is -0.121. The molecule has 0 aliphatic carbocycles. The molecule has 5 heteroatoms. The molecule has 0 saturated heterocycles. The Hall–Kier alpha value is -2.04. The van der Waals surface area contributed by atoms with E-state index >= 15 is 0 Å². The molecule has 5 nitrogen and oxygen atoms in total. The highest BCUT2D eigenvalue weighted by molar-refractivity contribution is 5.98. The first kappa shape index (κ1) is 15.0. The van der Waals surface area contributed by atoms with E-state index < -0.39 is 0 Å². The minimum Gasteiger partial charge on any atom is -0.507 e. The van der Waals surface area contributed by atoms with E-state index in [0.717, 1.165) is 5.56 Å². The van der Waals surface area contributed by atoms with Gasteiger partial charge < -0.3 is 15.3 Å². The highest BCUT2D eigenvalue weighted by atomic mass is 16.3. The average Bonchev–Trinajstić information content (AvgIpc) is 2.38. The summed E-state index contributed by atoms with van der Waals surface area (Å²) >= 11 is 0. The van der Waals surface area contributed by atoms with Crippen LogP contribution in [0.25, 0.3) is 0 Å². The van der Waals surface area contributed by atoms with E-state index in [0.29, 0.717) is 13.1 Å². The van der Waals surface area contributed by atoms with Crippen molar-refractivity contribution < 1.29 is 14.7 Å². The molecule has 1 aromatic rings. The highest BCUT2D eigenvalue weighted by Crippen LogP contribution is 2.20. The quantitative estimate of drug-likeness (QED) is 0.842. The third-order valence-electron chi connectivity index (χ3n) is 2.76. The van der Waals surface area contributed by atoms with Crippen molar-refractivity contribution in [3.05, 3.63) is 29.3 Å². The van der Waals surface area contributed by atoms with E-state index in [9.17, 15) is 14.7 Å². The van der Waals surface area contributed by atoms with Crippen molar-refractivity contribution >= 4 is 11.8 Å². The number of hydrogen-bond donors (Lipinski definition) is 2. The Bertz CT molecular complexity index is 472. The second-order valence-electron chi connectivity index (χ2n) is 4.29. The van der Waals surface area contributed by atoms with Crippen molar-refractivity contribution in [3.63, 3.8) is 0 Å². The van der Waals surface area contributed by atoms with Crippen LogP contribution in [0.1, 0.15) is 29.8 Å². The molecule has 2 amide bonds. The first-order valence-corrected chi connectivity index (χ1v) is 6.35. The Balaban J connectivity index is 2.89. The summed E-state index contributed by atoms with van der Waals surface area (Å²) in [5.41, 5.74) is 1.11. The summed E-state index contributed by atoms with van der Waals surface area (Å²) in [6, 6.07) is 4.84. The first-order chi connectivity index (χ1) is 8.99. The van der Waals surface area contributed by atoms with Gasteiger partial charge in [-0.15, -0.1) is 0 Å². The Morgan fingerprint density at radius 3 is 2.58 bits per heavy atom. The summed E-state index contributed by atoms with van der Waals surface area (Å²) in [5.74, 6) is -0.607. The Morgan fingerprint density at radius 2 is 2.00 bits per heavy atom. The predicted octanol–water partition coefficient (Wildman–Crippen LogP) is 1.30. The topological polar surface area (TPSA) is 69.6 Å². The summed E-state index contributed by atoms with van der Waals surface area (Å²) in [6.07, 6.45) is 0. The first-order valence-electron chi connectivity index (χ1n) is 6.35. The normalized spacial score (nSPS) is 10.1. The van der Waals surface area contributed by atoms with Crippen molar-refractivity contribution in [3.8, 4) is 5.75 Å². The van der Waals surface area contributed by atoms with Crippen LogP contribution >= 0.6 is 0 Å². The van der Waals surface area contributed by atoms with E-state index in [2.05, 4.69) is 5.32 Å². The van der Waals surface area contributed by atoms with Crippen molar-refractivity contribution in [2.45, 2.75) is 20.8 Å². The number of phenolic OH excluding ortho intramolecular Hbond substituents is 1. The fraction of sp³-hybridized carbons (Fsp3) is 0.429. The molecule has 0 unspecified atom stereocenters. The summed E-state index contributed by atoms with van der Waals surface area (Å²) in [5, 5.41) is 12.4. The number of nitrogens with zero attached hydrogens (tertiary/aromatic N) is 1. The third kappa shape index (κ3) is 3.98. The van der Waals surface area contributed by atoms with Crippen LogP contribution in [0.4, 0.5) is 0 Å². The van der Waals surface area contributed by atoms with Crippen molar-refractivity contribution in [1.82, 2.24) is 10.2 Å². The zero-order chi connectivity index (χ0) is 14.4. The maximum atomic E-state index is 12.3. The number of nitrogens with one attached hydrogen (secondary N) is 1. The van der Waals surface area contributed by atoms with Crippen LogP contribution in [0.15, 0.2) is 18.2 Å². The largest absolute Gasteiger partial charge is 0.507 e. The van der Waals surface area contributed by atoms with Gasteiger partial charge in [0.2, 0.25) is 5.91 Å². The van der Waals surface area contributed by atoms with Crippen LogP contribution in [0.2, 0.25) is 0 Å². The fourth-order valence-electron chi connectivity index (χ4n) is 1.75. The van der Waals surface area contributed by atoms with E-state index in [1.807, 2.05) is 13.8 Å². The Labute approximate surface area is 113 Å². The molecule has 19 heavy (non-hydrogen) atoms. The summed E-state index contributed by atoms with van der Waals surface area (Å²) in [6.45, 7) is 6.39. The number of rotatable bonds is 5. The summed E-state index contributed by atoms with van der Waals surface area (Å²) in [4.78, 5) is 25.2. The van der Waals surface area contributed by atoms with Crippen LogP contribution in [-0.4, -0.2) is 41.5 Å². The average molecular weight is 264 g/mol. The maximum absolute atomic E-state index is 12.3. The van der Waals surface area contributed by atoms with Gasteiger partial charge in [-0.1, -0.05) is 11.6 Å². The lowest BCUT2D eigenvalue weighted by atomic mass is 10.1. The molecule has 0 saturated carbocycles. The number of phenols is 1. The lowest BCUT2D eigenvalue weighted by Crippen LogP contribution is -2.40. The molecule has 0 radical (unpaired) electrons. The van der Waals surface area contributed by atoms with Gasteiger partial charge in [0.05, 0.1) is 12.1 Å². The molecule has 0 spiro atoms. The molecule has 1 aromatic carbocycles. The number of benzene rings is 1. The second kappa shape index (κ2) is 6.78. The predicted molar refractivity (Wildman–Crippen MR) is 73.1 cm³/mol. The molecule has 104 valence electrons. The van der Waals surface area contributed by atoms with Gasteiger partial charge in [0.15, 0.2) is 0 Å². The molecule has 0 aliphatic rings. The zero-order valence-electron chi connectivity index (χ0n) is 11.6. The van der Waals surface area contributed by atoms with Crippen molar-refractivity contribution in [2.75, 3.05) is 19.6 Å². The van der Waals surface area contributed by atoms with Gasteiger partial charge in [-0.3, -0.25) is 9.59 Å². The van der Waals surface area contributed by atoms with Gasteiger partial charge in [-0.05, 0) is 32.9 Å². The second-order valence-corrected chi connectivity index (χ2v) is 4.29. The smallest absolute Gasteiger partial charge is 0.258 e. The van der Waals surface area contributed by atoms with Crippen LogP contribution in [0.3, 0.4) is 0 Å². The molecule has 0 fully saturated rings. The molecular weight excluding hydrogens is 244 g/mol. The molecule has 0 bridgehead atoms. The number of amides is 2. The Kier molecular flexibility index (Phi) is 5.36. The minimum atomic E-state index is -0.338. The highest BCUT2D eigenvalue weighted by Gasteiger charge is 2.19. The molecule has 0 heterocycles. The van der Waals surface area contributed by atoms with E-state index in [1.54, 1.807) is 19.1 Å². The summed E-state index contributed by atoms with van der Waals surface area (Å²) < 4.78 is 0. The monoisotopic (exact) mass is 264 g/mol. The molecule has 0 atom stereocenters. The standard InChI is InChI=1S/C14H20N2O3/c1-4-15-13(18)9-16(5-2)14(19)11-8-10(3)6-7-12(11)17/h6-8,17H,4-5,9H2,1-3H3,(H,15,18). The Morgan fingerprint density at radius 1 is 1.32 bits per heavy atom. The number of likely N-dealkylation sites (N-methyl/N-ethyl adjacent to an activating group) is 2. The van der Waals surface area contributed by atoms with Gasteiger partial charge in [-0.25, -0.2) is 0 Å². The number of aromatic hydroxyl groups is 1. The van der Waals surface area contributed by atoms with Gasteiger partial charge in [0, 0.05) is 13.1 Å². The van der Waals surface area contributed by atoms with Crippen LogP contribution in [-0.2, 0) is 4.79 Å². The van der Waals surface area contributed by atoms with Gasteiger partial charge >= 0.3 is 0 Å². The summed E-state index contributed by atoms with van der Waals surface area (Å²) in [7, 11) is 0. The number of aryl methyl sites for hydroxylation is 1. The molecule has 0 aromatic heterocycles. The molecule has 0 aliphatic heterocycles. The maximum Gasteiger partial charge on any atom is 0.258 e. The van der Waals surface area contributed by atoms with E-state index in [-0.39, 0.29) is 29.7 Å². The van der Waals surface area contributed by atoms with Crippen LogP contribution < -0.4 is 5.32 Å². The van der Waals surface area contributed by atoms with Gasteiger partial charge in [0.1, 0.15) is 5.75 Å².